The minimum absolute atomic E-state index is 0.0401. The smallest absolute Gasteiger partial charge is 0.294 e. The molecule has 2 amide bonds. The van der Waals surface area contributed by atoms with E-state index in [1.807, 2.05) is 0 Å². The second kappa shape index (κ2) is 9.15. The van der Waals surface area contributed by atoms with Gasteiger partial charge >= 0.3 is 0 Å². The van der Waals surface area contributed by atoms with E-state index in [0.717, 1.165) is 18.9 Å². The minimum atomic E-state index is -0.863. The largest absolute Gasteiger partial charge is 0.396 e. The summed E-state index contributed by atoms with van der Waals surface area (Å²) < 4.78 is 15.0. The van der Waals surface area contributed by atoms with Crippen molar-refractivity contribution >= 4 is 34.9 Å². The van der Waals surface area contributed by atoms with Crippen LogP contribution in [0, 0.1) is 11.4 Å². The van der Waals surface area contributed by atoms with Gasteiger partial charge in [-0.05, 0) is 25.3 Å². The van der Waals surface area contributed by atoms with Crippen molar-refractivity contribution < 1.29 is 23.9 Å². The zero-order chi connectivity index (χ0) is 22.8. The summed E-state index contributed by atoms with van der Waals surface area (Å²) in [4.78, 5) is 41.8. The maximum atomic E-state index is 13.4. The summed E-state index contributed by atoms with van der Waals surface area (Å²) in [7, 11) is 0. The summed E-state index contributed by atoms with van der Waals surface area (Å²) in [6, 6.07) is 2.50. The van der Waals surface area contributed by atoms with Gasteiger partial charge < -0.3 is 20.3 Å². The van der Waals surface area contributed by atoms with Crippen LogP contribution in [-0.4, -0.2) is 45.4 Å². The first-order valence-corrected chi connectivity index (χ1v) is 10.3. The molecule has 1 aliphatic heterocycles. The van der Waals surface area contributed by atoms with Crippen LogP contribution in [0.5, 0.6) is 0 Å². The van der Waals surface area contributed by atoms with E-state index in [4.69, 9.17) is 11.6 Å². The van der Waals surface area contributed by atoms with Crippen LogP contribution >= 0.6 is 11.6 Å². The van der Waals surface area contributed by atoms with Crippen molar-refractivity contribution in [2.45, 2.75) is 39.7 Å². The van der Waals surface area contributed by atoms with Crippen molar-refractivity contribution in [3.05, 3.63) is 46.3 Å². The molecular weight excluding hydrogens is 427 g/mol. The normalized spacial score (nSPS) is 13.5. The Morgan fingerprint density at radius 1 is 1.32 bits per heavy atom. The first kappa shape index (κ1) is 22.9. The van der Waals surface area contributed by atoms with Crippen LogP contribution in [0.1, 0.15) is 53.2 Å². The Morgan fingerprint density at radius 2 is 2.06 bits per heavy atom. The molecule has 0 fully saturated rings. The van der Waals surface area contributed by atoms with Crippen molar-refractivity contribution in [1.29, 1.82) is 0 Å². The predicted molar refractivity (Wildman–Crippen MR) is 113 cm³/mol. The van der Waals surface area contributed by atoms with Crippen LogP contribution in [0.4, 0.5) is 10.1 Å². The number of anilines is 1. The van der Waals surface area contributed by atoms with Gasteiger partial charge in [-0.25, -0.2) is 4.98 Å². The third kappa shape index (κ3) is 4.94. The number of ketones is 1. The number of aliphatic hydroxyl groups excluding tert-OH is 1. The minimum Gasteiger partial charge on any atom is -0.396 e. The number of amides is 2. The Balaban J connectivity index is 1.92. The Labute approximate surface area is 183 Å². The highest BCUT2D eigenvalue weighted by atomic mass is 35.5. The number of pyridine rings is 1. The van der Waals surface area contributed by atoms with Gasteiger partial charge in [-0.15, -0.1) is 0 Å². The molecule has 0 spiro atoms. The molecule has 2 aromatic rings. The molecule has 0 aliphatic carbocycles. The van der Waals surface area contributed by atoms with Gasteiger partial charge in [0.05, 0.1) is 10.6 Å². The van der Waals surface area contributed by atoms with Crippen LogP contribution in [-0.2, 0) is 17.8 Å². The monoisotopic (exact) mass is 450 g/mol. The molecule has 1 aliphatic rings. The van der Waals surface area contributed by atoms with E-state index in [2.05, 4.69) is 15.6 Å². The Kier molecular flexibility index (Phi) is 6.76. The first-order valence-electron chi connectivity index (χ1n) is 9.92. The molecule has 31 heavy (non-hydrogen) atoms. The Morgan fingerprint density at radius 3 is 2.74 bits per heavy atom. The number of Topliss-reactive ketones (excluding diaryl/α,β-unsaturated/α-hetero) is 1. The van der Waals surface area contributed by atoms with E-state index in [1.165, 1.54) is 12.3 Å². The van der Waals surface area contributed by atoms with Crippen LogP contribution in [0.2, 0.25) is 5.02 Å². The van der Waals surface area contributed by atoms with Crippen molar-refractivity contribution in [3.8, 4) is 0 Å². The molecule has 2 aromatic heterocycles. The molecule has 0 bridgehead atoms. The molecule has 0 unspecified atom stereocenters. The topological polar surface area (TPSA) is 113 Å². The quantitative estimate of drug-likeness (QED) is 0.341. The number of nitrogens with one attached hydrogen (secondary N) is 2. The lowest BCUT2D eigenvalue weighted by Crippen LogP contribution is -2.40. The number of nitrogens with zero attached hydrogens (tertiary/aromatic N) is 2. The van der Waals surface area contributed by atoms with Gasteiger partial charge in [-0.1, -0.05) is 25.4 Å². The highest BCUT2D eigenvalue weighted by Crippen LogP contribution is 2.33. The highest BCUT2D eigenvalue weighted by Gasteiger charge is 2.34. The lowest BCUT2D eigenvalue weighted by atomic mass is 9.95. The molecule has 3 N–H and O–H groups in total. The van der Waals surface area contributed by atoms with E-state index in [1.54, 1.807) is 18.4 Å². The highest BCUT2D eigenvalue weighted by molar-refractivity contribution is 6.48. The van der Waals surface area contributed by atoms with Gasteiger partial charge in [0.1, 0.15) is 5.69 Å². The summed E-state index contributed by atoms with van der Waals surface area (Å²) in [5.41, 5.74) is 0.229. The number of carbonyl (C=O) groups excluding carboxylic acids is 3. The van der Waals surface area contributed by atoms with Crippen molar-refractivity contribution in [2.75, 3.05) is 18.5 Å². The summed E-state index contributed by atoms with van der Waals surface area (Å²) in [5, 5.41) is 14.3. The van der Waals surface area contributed by atoms with Gasteiger partial charge in [0.2, 0.25) is 5.95 Å². The molecule has 0 radical (unpaired) electrons. The molecular formula is C21H24ClFN4O4. The molecule has 0 saturated heterocycles. The van der Waals surface area contributed by atoms with E-state index in [9.17, 15) is 23.9 Å². The van der Waals surface area contributed by atoms with Gasteiger partial charge in [-0.3, -0.25) is 14.4 Å². The zero-order valence-electron chi connectivity index (χ0n) is 17.3. The molecule has 3 heterocycles. The number of rotatable bonds is 7. The standard InChI is InChI=1S/C21H24ClFN4O4/c1-21(2,11-28)10-25-20(31)18(29)17-16(22)15(13-5-3-4-8-27(13)17)19(30)26-12-6-7-24-14(23)9-12/h6-7,9,28H,3-5,8,10-11H2,1-2H3,(H,25,31)(H,24,26,30). The predicted octanol–water partition coefficient (Wildman–Crippen LogP) is 2.58. The molecule has 166 valence electrons. The number of halogens is 2. The molecule has 10 heteroatoms. The van der Waals surface area contributed by atoms with E-state index < -0.39 is 29.0 Å². The van der Waals surface area contributed by atoms with Gasteiger partial charge in [0.15, 0.2) is 0 Å². The van der Waals surface area contributed by atoms with Gasteiger partial charge in [0.25, 0.3) is 17.6 Å². The van der Waals surface area contributed by atoms with Crippen LogP contribution < -0.4 is 10.6 Å². The Hall–Kier alpha value is -2.78. The maximum absolute atomic E-state index is 13.4. The molecule has 8 nitrogen and oxygen atoms in total. The summed E-state index contributed by atoms with van der Waals surface area (Å²) in [5.74, 6) is -3.06. The SMILES string of the molecule is CC(C)(CO)CNC(=O)C(=O)c1c(Cl)c(C(=O)Nc2ccnc(F)c2)c2n1CCCC2. The average Bonchev–Trinajstić information content (AvgIpc) is 3.03. The summed E-state index contributed by atoms with van der Waals surface area (Å²) in [6.07, 6.45) is 3.30. The molecule has 3 rings (SSSR count). The van der Waals surface area contributed by atoms with Crippen molar-refractivity contribution in [2.24, 2.45) is 5.41 Å². The fraction of sp³-hybridized carbons (Fsp3) is 0.429. The van der Waals surface area contributed by atoms with Gasteiger partial charge in [0, 0.05) is 48.8 Å². The Bertz CT molecular complexity index is 1030. The third-order valence-electron chi connectivity index (χ3n) is 5.15. The summed E-state index contributed by atoms with van der Waals surface area (Å²) in [6.45, 7) is 3.87. The van der Waals surface area contributed by atoms with E-state index in [0.29, 0.717) is 18.7 Å². The summed E-state index contributed by atoms with van der Waals surface area (Å²) >= 11 is 6.46. The second-order valence-corrected chi connectivity index (χ2v) is 8.63. The fourth-order valence-electron chi connectivity index (χ4n) is 3.39. The van der Waals surface area contributed by atoms with E-state index in [-0.39, 0.29) is 35.1 Å². The maximum Gasteiger partial charge on any atom is 0.294 e. The molecule has 0 aromatic carbocycles. The number of carbonyl (C=O) groups is 3. The lowest BCUT2D eigenvalue weighted by molar-refractivity contribution is -0.117. The lowest BCUT2D eigenvalue weighted by Gasteiger charge is -2.22. The first-order chi connectivity index (χ1) is 14.6. The number of hydrogen-bond acceptors (Lipinski definition) is 5. The van der Waals surface area contributed by atoms with Crippen molar-refractivity contribution in [1.82, 2.24) is 14.9 Å². The number of fused-ring (bicyclic) bond motifs is 1. The number of aromatic nitrogens is 2. The second-order valence-electron chi connectivity index (χ2n) is 8.25. The third-order valence-corrected chi connectivity index (χ3v) is 5.51. The molecule has 0 atom stereocenters. The number of aliphatic hydroxyl groups is 1. The van der Waals surface area contributed by atoms with Gasteiger partial charge in [-0.2, -0.15) is 4.39 Å². The zero-order valence-corrected chi connectivity index (χ0v) is 18.1. The van der Waals surface area contributed by atoms with Crippen LogP contribution in [0.15, 0.2) is 18.3 Å². The average molecular weight is 451 g/mol. The van der Waals surface area contributed by atoms with E-state index >= 15 is 0 Å². The van der Waals surface area contributed by atoms with Crippen LogP contribution in [0.3, 0.4) is 0 Å². The fourth-order valence-corrected chi connectivity index (χ4v) is 3.78. The van der Waals surface area contributed by atoms with Crippen molar-refractivity contribution in [3.63, 3.8) is 0 Å². The molecule has 0 saturated carbocycles. The number of hydrogen-bond donors (Lipinski definition) is 3. The van der Waals surface area contributed by atoms with Crippen LogP contribution in [0.25, 0.3) is 0 Å².